The molecule has 74 valence electrons. The summed E-state index contributed by atoms with van der Waals surface area (Å²) in [6, 6.07) is 0. The van der Waals surface area contributed by atoms with Crippen LogP contribution >= 0.6 is 12.4 Å². The first-order valence-electron chi connectivity index (χ1n) is 3.32. The third-order valence-electron chi connectivity index (χ3n) is 1.39. The molecular formula is C5H11ClFNO3S. The predicted octanol–water partition coefficient (Wildman–Crippen LogP) is -0.304. The van der Waals surface area contributed by atoms with Gasteiger partial charge < -0.3 is 10.1 Å². The smallest absolute Gasteiger partial charge is 0.305 e. The zero-order valence-corrected chi connectivity index (χ0v) is 7.96. The normalized spacial score (nSPS) is 24.6. The Kier molecular flexibility index (Phi) is 5.00. The van der Waals surface area contributed by atoms with E-state index in [0.29, 0.717) is 19.7 Å². The molecule has 0 bridgehead atoms. The van der Waals surface area contributed by atoms with Crippen LogP contribution < -0.4 is 5.32 Å². The van der Waals surface area contributed by atoms with Crippen LogP contribution in [0.25, 0.3) is 0 Å². The van der Waals surface area contributed by atoms with E-state index in [0.717, 1.165) is 0 Å². The zero-order valence-electron chi connectivity index (χ0n) is 6.32. The fourth-order valence-electron chi connectivity index (χ4n) is 0.949. The number of nitrogens with one attached hydrogen (secondary N) is 1. The summed E-state index contributed by atoms with van der Waals surface area (Å²) in [7, 11) is -4.39. The molecule has 1 rings (SSSR count). The second-order valence-corrected chi connectivity index (χ2v) is 3.81. The Morgan fingerprint density at radius 2 is 2.25 bits per heavy atom. The van der Waals surface area contributed by atoms with E-state index in [-0.39, 0.29) is 12.4 Å². The summed E-state index contributed by atoms with van der Waals surface area (Å²) in [5.41, 5.74) is 0. The van der Waals surface area contributed by atoms with E-state index in [1.165, 1.54) is 0 Å². The van der Waals surface area contributed by atoms with Crippen LogP contribution in [-0.2, 0) is 15.0 Å². The van der Waals surface area contributed by atoms with Crippen molar-refractivity contribution in [3.05, 3.63) is 0 Å². The Bertz CT molecular complexity index is 215. The summed E-state index contributed by atoms with van der Waals surface area (Å²) in [5.74, 6) is -0.542. The molecule has 1 aliphatic rings. The van der Waals surface area contributed by atoms with Crippen molar-refractivity contribution in [1.82, 2.24) is 5.32 Å². The second-order valence-electron chi connectivity index (χ2n) is 2.40. The van der Waals surface area contributed by atoms with E-state index >= 15 is 0 Å². The fraction of sp³-hybridized carbons (Fsp3) is 1.00. The van der Waals surface area contributed by atoms with Gasteiger partial charge in [-0.05, 0) is 0 Å². The van der Waals surface area contributed by atoms with E-state index in [1.807, 2.05) is 0 Å². The molecule has 0 radical (unpaired) electrons. The number of ether oxygens (including phenoxy) is 1. The monoisotopic (exact) mass is 219 g/mol. The molecule has 0 aliphatic carbocycles. The molecule has 0 aromatic rings. The molecule has 0 saturated carbocycles. The fourth-order valence-corrected chi connectivity index (χ4v) is 1.61. The average molecular weight is 220 g/mol. The lowest BCUT2D eigenvalue weighted by atomic mass is 10.3. The minimum atomic E-state index is -4.39. The molecule has 7 heteroatoms. The van der Waals surface area contributed by atoms with Crippen molar-refractivity contribution >= 4 is 22.6 Å². The van der Waals surface area contributed by atoms with Gasteiger partial charge in [-0.3, -0.25) is 0 Å². The van der Waals surface area contributed by atoms with Gasteiger partial charge >= 0.3 is 10.2 Å². The highest BCUT2D eigenvalue weighted by Crippen LogP contribution is 2.01. The molecule has 1 N–H and O–H groups in total. The van der Waals surface area contributed by atoms with E-state index in [4.69, 9.17) is 4.74 Å². The van der Waals surface area contributed by atoms with E-state index < -0.39 is 22.1 Å². The van der Waals surface area contributed by atoms with E-state index in [9.17, 15) is 12.3 Å². The van der Waals surface area contributed by atoms with Gasteiger partial charge in [-0.2, -0.15) is 8.42 Å². The molecular weight excluding hydrogens is 209 g/mol. The van der Waals surface area contributed by atoms with Gasteiger partial charge in [0.05, 0.1) is 12.7 Å². The van der Waals surface area contributed by atoms with Gasteiger partial charge in [-0.25, -0.2) is 0 Å². The Hall–Kier alpha value is 0.0900. The molecule has 0 aromatic carbocycles. The number of hydrogen-bond donors (Lipinski definition) is 1. The molecule has 1 fully saturated rings. The van der Waals surface area contributed by atoms with Crippen LogP contribution in [0.3, 0.4) is 0 Å². The van der Waals surface area contributed by atoms with E-state index in [2.05, 4.69) is 5.32 Å². The molecule has 0 unspecified atom stereocenters. The lowest BCUT2D eigenvalue weighted by Crippen LogP contribution is -2.41. The zero-order chi connectivity index (χ0) is 8.32. The summed E-state index contributed by atoms with van der Waals surface area (Å²) >= 11 is 0. The van der Waals surface area contributed by atoms with Crippen molar-refractivity contribution in [2.75, 3.05) is 25.4 Å². The molecule has 1 aliphatic heterocycles. The first-order valence-corrected chi connectivity index (χ1v) is 4.88. The second kappa shape index (κ2) is 4.96. The number of morpholine rings is 1. The quantitative estimate of drug-likeness (QED) is 0.648. The first kappa shape index (κ1) is 12.1. The molecule has 0 amide bonds. The maximum Gasteiger partial charge on any atom is 0.305 e. The van der Waals surface area contributed by atoms with Gasteiger partial charge in [0, 0.05) is 13.1 Å². The number of hydrogen-bond acceptors (Lipinski definition) is 4. The molecule has 1 heterocycles. The van der Waals surface area contributed by atoms with E-state index in [1.54, 1.807) is 0 Å². The van der Waals surface area contributed by atoms with Crippen LogP contribution in [0.15, 0.2) is 0 Å². The highest BCUT2D eigenvalue weighted by molar-refractivity contribution is 7.86. The van der Waals surface area contributed by atoms with Crippen molar-refractivity contribution < 1.29 is 17.0 Å². The predicted molar refractivity (Wildman–Crippen MR) is 44.8 cm³/mol. The Morgan fingerprint density at radius 3 is 2.67 bits per heavy atom. The van der Waals surface area contributed by atoms with Crippen molar-refractivity contribution in [2.45, 2.75) is 6.10 Å². The van der Waals surface area contributed by atoms with Gasteiger partial charge in [0.2, 0.25) is 0 Å². The van der Waals surface area contributed by atoms with Crippen LogP contribution in [0, 0.1) is 0 Å². The lowest BCUT2D eigenvalue weighted by Gasteiger charge is -2.21. The van der Waals surface area contributed by atoms with Crippen molar-refractivity contribution in [3.63, 3.8) is 0 Å². The summed E-state index contributed by atoms with van der Waals surface area (Å²) in [4.78, 5) is 0. The maximum atomic E-state index is 12.0. The number of rotatable bonds is 2. The van der Waals surface area contributed by atoms with Crippen molar-refractivity contribution in [1.29, 1.82) is 0 Å². The summed E-state index contributed by atoms with van der Waals surface area (Å²) < 4.78 is 37.3. The first-order chi connectivity index (χ1) is 5.08. The third kappa shape index (κ3) is 4.87. The largest absolute Gasteiger partial charge is 0.374 e. The van der Waals surface area contributed by atoms with Crippen LogP contribution in [-0.4, -0.2) is 40.0 Å². The lowest BCUT2D eigenvalue weighted by molar-refractivity contribution is 0.0425. The molecule has 0 spiro atoms. The van der Waals surface area contributed by atoms with Crippen molar-refractivity contribution in [3.8, 4) is 0 Å². The summed E-state index contributed by atoms with van der Waals surface area (Å²) in [6.07, 6.45) is -0.529. The van der Waals surface area contributed by atoms with Crippen LogP contribution in [0.1, 0.15) is 0 Å². The SMILES string of the molecule is Cl.O=S(=O)(F)C[C@@H]1CNCCO1. The number of halogens is 2. The van der Waals surface area contributed by atoms with Crippen LogP contribution in [0.5, 0.6) is 0 Å². The third-order valence-corrected chi connectivity index (χ3v) is 2.16. The highest BCUT2D eigenvalue weighted by Gasteiger charge is 2.20. The Morgan fingerprint density at radius 1 is 1.58 bits per heavy atom. The van der Waals surface area contributed by atoms with Gasteiger partial charge in [-0.15, -0.1) is 16.3 Å². The standard InChI is InChI=1S/C5H10FNO3S.ClH/c6-11(8,9)4-5-3-7-1-2-10-5;/h5,7H,1-4H2;1H/t5-;/m0./s1. The summed E-state index contributed by atoms with van der Waals surface area (Å²) in [5, 5.41) is 2.90. The Labute approximate surface area is 77.1 Å². The summed E-state index contributed by atoms with van der Waals surface area (Å²) in [6.45, 7) is 1.55. The molecule has 4 nitrogen and oxygen atoms in total. The molecule has 1 saturated heterocycles. The average Bonchev–Trinajstić information content (AvgIpc) is 1.85. The molecule has 12 heavy (non-hydrogen) atoms. The Balaban J connectivity index is 0.00000121. The van der Waals surface area contributed by atoms with Crippen LogP contribution in [0.2, 0.25) is 0 Å². The van der Waals surface area contributed by atoms with Crippen molar-refractivity contribution in [2.24, 2.45) is 0 Å². The molecule has 0 aromatic heterocycles. The van der Waals surface area contributed by atoms with Crippen LogP contribution in [0.4, 0.5) is 3.89 Å². The maximum absolute atomic E-state index is 12.0. The van der Waals surface area contributed by atoms with Gasteiger partial charge in [0.1, 0.15) is 5.75 Å². The minimum absolute atomic E-state index is 0. The topological polar surface area (TPSA) is 55.4 Å². The van der Waals surface area contributed by atoms with Gasteiger partial charge in [-0.1, -0.05) is 0 Å². The molecule has 1 atom stereocenters. The highest BCUT2D eigenvalue weighted by atomic mass is 35.5. The van der Waals surface area contributed by atoms with Gasteiger partial charge in [0.15, 0.2) is 0 Å². The minimum Gasteiger partial charge on any atom is -0.374 e. The van der Waals surface area contributed by atoms with Gasteiger partial charge in [0.25, 0.3) is 0 Å².